The molecule has 15 heavy (non-hydrogen) atoms. The van der Waals surface area contributed by atoms with Crippen LogP contribution in [-0.2, 0) is 24.2 Å². The molecule has 0 spiro atoms. The molecular formula is C10H18N4O. The molecule has 0 aliphatic heterocycles. The monoisotopic (exact) mass is 210 g/mol. The Morgan fingerprint density at radius 1 is 1.47 bits per heavy atom. The molecule has 0 atom stereocenters. The Morgan fingerprint density at radius 3 is 2.73 bits per heavy atom. The van der Waals surface area contributed by atoms with Crippen molar-refractivity contribution in [1.82, 2.24) is 15.0 Å². The van der Waals surface area contributed by atoms with Gasteiger partial charge >= 0.3 is 0 Å². The fourth-order valence-electron chi connectivity index (χ4n) is 1.55. The number of nitrogens with two attached hydrogens (primary N) is 1. The number of aryl methyl sites for hydroxylation is 1. The van der Waals surface area contributed by atoms with E-state index < -0.39 is 0 Å². The summed E-state index contributed by atoms with van der Waals surface area (Å²) in [5.41, 5.74) is 6.89. The lowest BCUT2D eigenvalue weighted by molar-refractivity contribution is -0.117. The molecule has 1 aromatic rings. The molecule has 0 saturated heterocycles. The van der Waals surface area contributed by atoms with E-state index in [1.807, 2.05) is 11.6 Å². The molecule has 0 fully saturated rings. The van der Waals surface area contributed by atoms with Crippen LogP contribution in [0.3, 0.4) is 0 Å². The highest BCUT2D eigenvalue weighted by Gasteiger charge is 2.12. The minimum absolute atomic E-state index is 0.190. The molecule has 0 aromatic carbocycles. The minimum Gasteiger partial charge on any atom is -0.369 e. The molecule has 0 unspecified atom stereocenters. The average Bonchev–Trinajstić information content (AvgIpc) is 2.56. The zero-order valence-electron chi connectivity index (χ0n) is 9.36. The molecule has 1 amide bonds. The van der Waals surface area contributed by atoms with E-state index in [1.165, 1.54) is 0 Å². The van der Waals surface area contributed by atoms with Crippen LogP contribution < -0.4 is 5.73 Å². The summed E-state index contributed by atoms with van der Waals surface area (Å²) >= 11 is 0. The molecule has 0 radical (unpaired) electrons. The van der Waals surface area contributed by atoms with Gasteiger partial charge in [-0.2, -0.15) is 0 Å². The SMILES string of the molecule is CCCCn1nnc(CC(N)=O)c1CC. The normalized spacial score (nSPS) is 10.5. The van der Waals surface area contributed by atoms with Crippen molar-refractivity contribution >= 4 is 5.91 Å². The molecule has 1 aromatic heterocycles. The molecule has 1 rings (SSSR count). The molecule has 0 saturated carbocycles. The molecule has 5 heteroatoms. The van der Waals surface area contributed by atoms with Crippen LogP contribution in [0.15, 0.2) is 0 Å². The number of rotatable bonds is 6. The Balaban J connectivity index is 2.80. The fourth-order valence-corrected chi connectivity index (χ4v) is 1.55. The average molecular weight is 210 g/mol. The van der Waals surface area contributed by atoms with E-state index in [0.29, 0.717) is 0 Å². The van der Waals surface area contributed by atoms with Crippen molar-refractivity contribution in [2.75, 3.05) is 0 Å². The second-order valence-corrected chi connectivity index (χ2v) is 3.56. The Bertz CT molecular complexity index is 332. The van der Waals surface area contributed by atoms with Crippen molar-refractivity contribution in [2.45, 2.75) is 46.1 Å². The van der Waals surface area contributed by atoms with Crippen molar-refractivity contribution in [3.05, 3.63) is 11.4 Å². The number of primary amides is 1. The largest absolute Gasteiger partial charge is 0.369 e. The van der Waals surface area contributed by atoms with E-state index in [9.17, 15) is 4.79 Å². The summed E-state index contributed by atoms with van der Waals surface area (Å²) in [6.45, 7) is 5.03. The number of nitrogens with zero attached hydrogens (tertiary/aromatic N) is 3. The predicted molar refractivity (Wildman–Crippen MR) is 57.2 cm³/mol. The number of unbranched alkanes of at least 4 members (excludes halogenated alkanes) is 1. The smallest absolute Gasteiger partial charge is 0.223 e. The van der Waals surface area contributed by atoms with Crippen molar-refractivity contribution in [3.8, 4) is 0 Å². The molecule has 5 nitrogen and oxygen atoms in total. The summed E-state index contributed by atoms with van der Waals surface area (Å²) < 4.78 is 1.88. The fraction of sp³-hybridized carbons (Fsp3) is 0.700. The van der Waals surface area contributed by atoms with Gasteiger partial charge in [-0.25, -0.2) is 4.68 Å². The zero-order valence-corrected chi connectivity index (χ0v) is 9.36. The van der Waals surface area contributed by atoms with E-state index in [-0.39, 0.29) is 12.3 Å². The van der Waals surface area contributed by atoms with Gasteiger partial charge in [0.15, 0.2) is 0 Å². The molecule has 2 N–H and O–H groups in total. The van der Waals surface area contributed by atoms with Gasteiger partial charge in [0, 0.05) is 6.54 Å². The van der Waals surface area contributed by atoms with E-state index in [4.69, 9.17) is 5.73 Å². The van der Waals surface area contributed by atoms with Crippen LogP contribution in [0.25, 0.3) is 0 Å². The number of carbonyl (C=O) groups excluding carboxylic acids is 1. The summed E-state index contributed by atoms with van der Waals surface area (Å²) in [7, 11) is 0. The van der Waals surface area contributed by atoms with Crippen LogP contribution in [0.5, 0.6) is 0 Å². The van der Waals surface area contributed by atoms with E-state index in [0.717, 1.165) is 37.2 Å². The summed E-state index contributed by atoms with van der Waals surface area (Å²) in [4.78, 5) is 10.8. The maximum atomic E-state index is 10.8. The van der Waals surface area contributed by atoms with Crippen LogP contribution in [0, 0.1) is 0 Å². The second-order valence-electron chi connectivity index (χ2n) is 3.56. The van der Waals surface area contributed by atoms with Gasteiger partial charge in [-0.1, -0.05) is 25.5 Å². The molecule has 84 valence electrons. The van der Waals surface area contributed by atoms with Gasteiger partial charge in [0.05, 0.1) is 17.8 Å². The number of hydrogen-bond donors (Lipinski definition) is 1. The quantitative estimate of drug-likeness (QED) is 0.749. The van der Waals surface area contributed by atoms with Crippen LogP contribution in [-0.4, -0.2) is 20.9 Å². The lowest BCUT2D eigenvalue weighted by Crippen LogP contribution is -2.15. The van der Waals surface area contributed by atoms with Gasteiger partial charge in [-0.3, -0.25) is 4.79 Å². The number of hydrogen-bond acceptors (Lipinski definition) is 3. The molecular weight excluding hydrogens is 192 g/mol. The highest BCUT2D eigenvalue weighted by Crippen LogP contribution is 2.08. The van der Waals surface area contributed by atoms with Crippen molar-refractivity contribution < 1.29 is 4.79 Å². The predicted octanol–water partition coefficient (Wildman–Crippen LogP) is 0.668. The first-order valence-corrected chi connectivity index (χ1v) is 5.38. The first-order valence-electron chi connectivity index (χ1n) is 5.38. The lowest BCUT2D eigenvalue weighted by atomic mass is 10.2. The van der Waals surface area contributed by atoms with Crippen molar-refractivity contribution in [1.29, 1.82) is 0 Å². The molecule has 1 heterocycles. The number of aromatic nitrogens is 3. The van der Waals surface area contributed by atoms with Gasteiger partial charge < -0.3 is 5.73 Å². The first kappa shape index (κ1) is 11.7. The summed E-state index contributed by atoms with van der Waals surface area (Å²) in [5.74, 6) is -0.354. The minimum atomic E-state index is -0.354. The Morgan fingerprint density at radius 2 is 2.20 bits per heavy atom. The second kappa shape index (κ2) is 5.48. The van der Waals surface area contributed by atoms with E-state index in [1.54, 1.807) is 0 Å². The first-order chi connectivity index (χ1) is 7.19. The lowest BCUT2D eigenvalue weighted by Gasteiger charge is -2.04. The number of carbonyl (C=O) groups is 1. The van der Waals surface area contributed by atoms with Crippen molar-refractivity contribution in [3.63, 3.8) is 0 Å². The van der Waals surface area contributed by atoms with E-state index >= 15 is 0 Å². The third-order valence-electron chi connectivity index (χ3n) is 2.32. The summed E-state index contributed by atoms with van der Waals surface area (Å²) in [6.07, 6.45) is 3.22. The Labute approximate surface area is 89.6 Å². The van der Waals surface area contributed by atoms with Gasteiger partial charge in [0.2, 0.25) is 5.91 Å². The number of amides is 1. The summed E-state index contributed by atoms with van der Waals surface area (Å²) in [5, 5.41) is 8.03. The Hall–Kier alpha value is -1.39. The van der Waals surface area contributed by atoms with Gasteiger partial charge in [-0.15, -0.1) is 5.10 Å². The molecule has 0 bridgehead atoms. The zero-order chi connectivity index (χ0) is 11.3. The topological polar surface area (TPSA) is 73.8 Å². The van der Waals surface area contributed by atoms with Crippen LogP contribution in [0.1, 0.15) is 38.1 Å². The van der Waals surface area contributed by atoms with Crippen LogP contribution in [0.4, 0.5) is 0 Å². The van der Waals surface area contributed by atoms with Gasteiger partial charge in [-0.05, 0) is 12.8 Å². The highest BCUT2D eigenvalue weighted by molar-refractivity contribution is 5.76. The standard InChI is InChI=1S/C10H18N4O/c1-3-5-6-14-9(4-2)8(12-13-14)7-10(11)15/h3-7H2,1-2H3,(H2,11,15). The van der Waals surface area contributed by atoms with Gasteiger partial charge in [0.1, 0.15) is 0 Å². The van der Waals surface area contributed by atoms with Crippen LogP contribution in [0.2, 0.25) is 0 Å². The van der Waals surface area contributed by atoms with Crippen molar-refractivity contribution in [2.24, 2.45) is 5.73 Å². The maximum Gasteiger partial charge on any atom is 0.223 e. The molecule has 0 aliphatic carbocycles. The Kier molecular flexibility index (Phi) is 4.27. The van der Waals surface area contributed by atoms with Crippen LogP contribution >= 0.6 is 0 Å². The maximum absolute atomic E-state index is 10.8. The van der Waals surface area contributed by atoms with E-state index in [2.05, 4.69) is 17.2 Å². The molecule has 0 aliphatic rings. The summed E-state index contributed by atoms with van der Waals surface area (Å²) in [6, 6.07) is 0. The van der Waals surface area contributed by atoms with Gasteiger partial charge in [0.25, 0.3) is 0 Å². The highest BCUT2D eigenvalue weighted by atomic mass is 16.1. The third kappa shape index (κ3) is 3.04. The third-order valence-corrected chi connectivity index (χ3v) is 2.32.